The van der Waals surface area contributed by atoms with Gasteiger partial charge in [-0.05, 0) is 41.8 Å². The third kappa shape index (κ3) is 2.54. The number of sulfonamides is 1. The number of rotatable bonds is 6. The smallest absolute Gasteiger partial charge is 0.214 e. The molecule has 1 fully saturated rings. The molecular formula is C13H15NO4S2. The van der Waals surface area contributed by atoms with Crippen molar-refractivity contribution in [2.24, 2.45) is 0 Å². The Morgan fingerprint density at radius 3 is 2.80 bits per heavy atom. The molecule has 2 heterocycles. The highest BCUT2D eigenvalue weighted by Gasteiger charge is 2.40. The van der Waals surface area contributed by atoms with E-state index < -0.39 is 15.6 Å². The van der Waals surface area contributed by atoms with Crippen molar-refractivity contribution >= 4 is 21.4 Å². The topological polar surface area (TPSA) is 79.5 Å². The van der Waals surface area contributed by atoms with Crippen LogP contribution in [-0.4, -0.2) is 25.3 Å². The van der Waals surface area contributed by atoms with Gasteiger partial charge in [0.1, 0.15) is 5.76 Å². The fraction of sp³-hybridized carbons (Fsp3) is 0.385. The molecule has 0 bridgehead atoms. The first-order valence-corrected chi connectivity index (χ1v) is 8.79. The molecule has 1 aliphatic rings. The van der Waals surface area contributed by atoms with Gasteiger partial charge in [-0.25, -0.2) is 13.1 Å². The maximum absolute atomic E-state index is 11.9. The molecular weight excluding hydrogens is 298 g/mol. The molecule has 20 heavy (non-hydrogen) atoms. The van der Waals surface area contributed by atoms with Gasteiger partial charge in [0.15, 0.2) is 5.60 Å². The molecule has 1 aliphatic carbocycles. The molecule has 0 saturated heterocycles. The summed E-state index contributed by atoms with van der Waals surface area (Å²) < 4.78 is 31.6. The van der Waals surface area contributed by atoms with E-state index in [1.54, 1.807) is 23.6 Å². The summed E-state index contributed by atoms with van der Waals surface area (Å²) in [4.78, 5) is 0. The van der Waals surface area contributed by atoms with Gasteiger partial charge in [-0.2, -0.15) is 11.3 Å². The Bertz CT molecular complexity index is 623. The summed E-state index contributed by atoms with van der Waals surface area (Å²) in [5, 5.41) is 14.2. The second-order valence-corrected chi connectivity index (χ2v) is 7.74. The fourth-order valence-electron chi connectivity index (χ4n) is 2.05. The summed E-state index contributed by atoms with van der Waals surface area (Å²) in [7, 11) is -3.35. The van der Waals surface area contributed by atoms with Gasteiger partial charge in [0.25, 0.3) is 0 Å². The predicted molar refractivity (Wildman–Crippen MR) is 76.0 cm³/mol. The van der Waals surface area contributed by atoms with E-state index in [4.69, 9.17) is 4.42 Å². The molecule has 3 rings (SSSR count). The fourth-order valence-corrected chi connectivity index (χ4v) is 4.17. The Hall–Kier alpha value is -1.15. The van der Waals surface area contributed by atoms with Crippen LogP contribution in [0.15, 0.2) is 39.6 Å². The third-order valence-corrected chi connectivity index (χ3v) is 6.00. The molecule has 2 aromatic heterocycles. The predicted octanol–water partition coefficient (Wildman–Crippen LogP) is 1.66. The van der Waals surface area contributed by atoms with Gasteiger partial charge in [0.05, 0.1) is 18.1 Å². The number of furan rings is 1. The summed E-state index contributed by atoms with van der Waals surface area (Å²) in [6.45, 7) is -0.129. The van der Waals surface area contributed by atoms with Crippen LogP contribution in [0.2, 0.25) is 0 Å². The SMILES string of the molecule is O=S(=O)(NCC(O)(c1ccsc1)c1ccco1)C1CC1. The lowest BCUT2D eigenvalue weighted by atomic mass is 9.94. The normalized spacial score (nSPS) is 18.9. The molecule has 108 valence electrons. The summed E-state index contributed by atoms with van der Waals surface area (Å²) in [5.74, 6) is 0.328. The molecule has 0 radical (unpaired) electrons. The number of aliphatic hydroxyl groups is 1. The van der Waals surface area contributed by atoms with Gasteiger partial charge in [-0.15, -0.1) is 0 Å². The van der Waals surface area contributed by atoms with Crippen LogP contribution in [0.1, 0.15) is 24.2 Å². The zero-order valence-corrected chi connectivity index (χ0v) is 12.3. The molecule has 2 N–H and O–H groups in total. The van der Waals surface area contributed by atoms with Crippen LogP contribution in [0.3, 0.4) is 0 Å². The van der Waals surface area contributed by atoms with Gasteiger partial charge < -0.3 is 9.52 Å². The highest BCUT2D eigenvalue weighted by atomic mass is 32.2. The van der Waals surface area contributed by atoms with E-state index in [-0.39, 0.29) is 11.8 Å². The average Bonchev–Trinajstić information content (AvgIpc) is 2.96. The second kappa shape index (κ2) is 5.00. The first-order valence-electron chi connectivity index (χ1n) is 6.30. The summed E-state index contributed by atoms with van der Waals surface area (Å²) >= 11 is 1.44. The molecule has 5 nitrogen and oxygen atoms in total. The van der Waals surface area contributed by atoms with E-state index >= 15 is 0 Å². The van der Waals surface area contributed by atoms with E-state index in [9.17, 15) is 13.5 Å². The summed E-state index contributed by atoms with van der Waals surface area (Å²) in [6.07, 6.45) is 2.84. The van der Waals surface area contributed by atoms with Gasteiger partial charge in [0.2, 0.25) is 10.0 Å². The lowest BCUT2D eigenvalue weighted by Gasteiger charge is -2.25. The van der Waals surface area contributed by atoms with Crippen molar-refractivity contribution in [3.05, 3.63) is 46.5 Å². The van der Waals surface area contributed by atoms with E-state index in [0.717, 1.165) is 0 Å². The maximum Gasteiger partial charge on any atom is 0.214 e. The molecule has 0 amide bonds. The van der Waals surface area contributed by atoms with Gasteiger partial charge in [-0.3, -0.25) is 0 Å². The van der Waals surface area contributed by atoms with E-state index in [0.29, 0.717) is 24.2 Å². The van der Waals surface area contributed by atoms with Crippen LogP contribution in [0.4, 0.5) is 0 Å². The molecule has 0 aliphatic heterocycles. The number of nitrogens with one attached hydrogen (secondary N) is 1. The van der Waals surface area contributed by atoms with Crippen molar-refractivity contribution in [1.82, 2.24) is 4.72 Å². The van der Waals surface area contributed by atoms with Gasteiger partial charge in [0, 0.05) is 5.56 Å². The molecule has 1 atom stereocenters. The molecule has 7 heteroatoms. The third-order valence-electron chi connectivity index (χ3n) is 3.42. The van der Waals surface area contributed by atoms with Crippen LogP contribution < -0.4 is 4.72 Å². The Morgan fingerprint density at radius 2 is 2.25 bits per heavy atom. The van der Waals surface area contributed by atoms with Crippen LogP contribution >= 0.6 is 11.3 Å². The zero-order chi connectivity index (χ0) is 14.2. The van der Waals surface area contributed by atoms with Crippen LogP contribution in [0.5, 0.6) is 0 Å². The van der Waals surface area contributed by atoms with Gasteiger partial charge in [-0.1, -0.05) is 0 Å². The molecule has 0 aromatic carbocycles. The Labute approximate surface area is 121 Å². The first kappa shape index (κ1) is 13.8. The second-order valence-electron chi connectivity index (χ2n) is 4.92. The largest absolute Gasteiger partial charge is 0.466 e. The quantitative estimate of drug-likeness (QED) is 0.850. The standard InChI is InChI=1S/C13H15NO4S2/c15-13(10-5-7-19-8-10,12-2-1-6-18-12)9-14-20(16,17)11-3-4-11/h1-2,5-8,11,14-15H,3-4,9H2. The lowest BCUT2D eigenvalue weighted by Crippen LogP contribution is -2.42. The van der Waals surface area contributed by atoms with Gasteiger partial charge >= 0.3 is 0 Å². The number of thiophene rings is 1. The van der Waals surface area contributed by atoms with E-state index in [1.165, 1.54) is 17.6 Å². The first-order chi connectivity index (χ1) is 9.52. The average molecular weight is 313 g/mol. The Morgan fingerprint density at radius 1 is 1.45 bits per heavy atom. The van der Waals surface area contributed by atoms with Crippen molar-refractivity contribution in [3.8, 4) is 0 Å². The highest BCUT2D eigenvalue weighted by molar-refractivity contribution is 7.90. The lowest BCUT2D eigenvalue weighted by molar-refractivity contribution is 0.0623. The number of hydrogen-bond donors (Lipinski definition) is 2. The van der Waals surface area contributed by atoms with Crippen molar-refractivity contribution in [2.75, 3.05) is 6.54 Å². The highest BCUT2D eigenvalue weighted by Crippen LogP contribution is 2.32. The van der Waals surface area contributed by atoms with E-state index in [2.05, 4.69) is 4.72 Å². The minimum absolute atomic E-state index is 0.129. The maximum atomic E-state index is 11.9. The molecule has 1 saturated carbocycles. The monoisotopic (exact) mass is 313 g/mol. The van der Waals surface area contributed by atoms with Crippen LogP contribution in [0.25, 0.3) is 0 Å². The summed E-state index contributed by atoms with van der Waals surface area (Å²) in [5.41, 5.74) is -0.859. The van der Waals surface area contributed by atoms with Crippen LogP contribution in [0, 0.1) is 0 Å². The molecule has 2 aromatic rings. The molecule has 1 unspecified atom stereocenters. The minimum Gasteiger partial charge on any atom is -0.466 e. The van der Waals surface area contributed by atoms with Crippen molar-refractivity contribution in [1.29, 1.82) is 0 Å². The minimum atomic E-state index is -3.35. The van der Waals surface area contributed by atoms with Crippen molar-refractivity contribution in [3.63, 3.8) is 0 Å². The van der Waals surface area contributed by atoms with Crippen LogP contribution in [-0.2, 0) is 15.6 Å². The zero-order valence-electron chi connectivity index (χ0n) is 10.7. The van der Waals surface area contributed by atoms with Crippen molar-refractivity contribution < 1.29 is 17.9 Å². The summed E-state index contributed by atoms with van der Waals surface area (Å²) in [6, 6.07) is 5.07. The van der Waals surface area contributed by atoms with E-state index in [1.807, 2.05) is 5.38 Å². The molecule has 0 spiro atoms. The van der Waals surface area contributed by atoms with Crippen molar-refractivity contribution in [2.45, 2.75) is 23.7 Å². The Balaban J connectivity index is 1.87. The number of hydrogen-bond acceptors (Lipinski definition) is 5. The Kier molecular flexibility index (Phi) is 3.45.